The Morgan fingerprint density at radius 1 is 1.00 bits per heavy atom. The van der Waals surface area contributed by atoms with E-state index in [9.17, 15) is 0 Å². The van der Waals surface area contributed by atoms with Crippen LogP contribution in [0.4, 0.5) is 0 Å². The maximum Gasteiger partial charge on any atom is 0 e. The van der Waals surface area contributed by atoms with E-state index in [1.54, 1.807) is 0 Å². The quantitative estimate of drug-likeness (QED) is 0.496. The van der Waals surface area contributed by atoms with Gasteiger partial charge in [0.1, 0.15) is 0 Å². The molecule has 0 nitrogen and oxygen atoms in total. The van der Waals surface area contributed by atoms with Gasteiger partial charge < -0.3 is 0 Å². The van der Waals surface area contributed by atoms with Gasteiger partial charge in [0.15, 0.2) is 0 Å². The van der Waals surface area contributed by atoms with Crippen LogP contribution in [-0.2, 0) is 74.4 Å². The van der Waals surface area contributed by atoms with E-state index in [1.165, 1.54) is 0 Å². The van der Waals surface area contributed by atoms with Crippen LogP contribution in [0.15, 0.2) is 0 Å². The molecule has 4 heteroatoms. The molecule has 0 heterocycles. The topological polar surface area (TPSA) is 0 Å². The normalized spacial score (nSPS) is 0. The first kappa shape index (κ1) is 29.0. The van der Waals surface area contributed by atoms with Gasteiger partial charge in [-0.15, -0.1) is 0 Å². The summed E-state index contributed by atoms with van der Waals surface area (Å²) in [4.78, 5) is 0. The zero-order valence-corrected chi connectivity index (χ0v) is 16.1. The molecule has 0 bridgehead atoms. The summed E-state index contributed by atoms with van der Waals surface area (Å²) < 4.78 is 0. The van der Waals surface area contributed by atoms with E-state index < -0.39 is 0 Å². The van der Waals surface area contributed by atoms with Crippen LogP contribution in [-0.4, -0.2) is 0 Å². The fraction of sp³-hybridized carbons (Fsp3) is 0. The summed E-state index contributed by atoms with van der Waals surface area (Å²) in [5.74, 6) is 0. The van der Waals surface area contributed by atoms with E-state index in [4.69, 9.17) is 0 Å². The molecule has 0 radical (unpaired) electrons. The Kier molecular flexibility index (Phi) is 123. The van der Waals surface area contributed by atoms with Crippen molar-refractivity contribution in [2.45, 2.75) is 0 Å². The Morgan fingerprint density at radius 2 is 1.00 bits per heavy atom. The fourth-order valence-corrected chi connectivity index (χ4v) is 0. The summed E-state index contributed by atoms with van der Waals surface area (Å²) in [6.07, 6.45) is 0. The van der Waals surface area contributed by atoms with Crippen LogP contribution in [0.1, 0.15) is 0 Å². The maximum absolute atomic E-state index is 0. The van der Waals surface area contributed by atoms with Gasteiger partial charge in [-0.25, -0.2) is 0 Å². The van der Waals surface area contributed by atoms with E-state index >= 15 is 0 Å². The average Bonchev–Trinajstić information content (AvgIpc) is 0. The van der Waals surface area contributed by atoms with Gasteiger partial charge in [0.2, 0.25) is 0 Å². The van der Waals surface area contributed by atoms with E-state index in [0.717, 1.165) is 0 Å². The molecule has 0 rings (SSSR count). The molecule has 0 saturated heterocycles. The van der Waals surface area contributed by atoms with Gasteiger partial charge in [-0.05, 0) is 0 Å². The van der Waals surface area contributed by atoms with E-state index in [-0.39, 0.29) is 87.9 Å². The second-order valence-electron chi connectivity index (χ2n) is 0. The predicted molar refractivity (Wildman–Crippen MR) is 10.4 cm³/mol. The van der Waals surface area contributed by atoms with Gasteiger partial charge in [-0.3, -0.25) is 0 Å². The van der Waals surface area contributed by atoms with Crippen molar-refractivity contribution in [3.05, 3.63) is 0 Å². The van der Waals surface area contributed by atoms with Crippen molar-refractivity contribution >= 4 is 13.5 Å². The predicted octanol–water partition coefficient (Wildman–Crippen LogP) is 0.105. The Labute approximate surface area is 86.4 Å². The minimum Gasteiger partial charge on any atom is -0.197 e. The molecule has 0 saturated carbocycles. The summed E-state index contributed by atoms with van der Waals surface area (Å²) in [6.45, 7) is 0. The molecule has 4 heavy (non-hydrogen) atoms. The van der Waals surface area contributed by atoms with E-state index in [0.29, 0.717) is 0 Å². The molecular formula is H2CdHgSZn. The van der Waals surface area contributed by atoms with Crippen molar-refractivity contribution in [2.24, 2.45) is 0 Å². The second kappa shape index (κ2) is 17.0. The number of rotatable bonds is 0. The zero-order valence-electron chi connectivity index (χ0n) is 2.62. The molecule has 0 spiro atoms. The second-order valence-corrected chi connectivity index (χ2v) is 0. The van der Waals surface area contributed by atoms with Crippen LogP contribution in [0.2, 0.25) is 0 Å². The van der Waals surface area contributed by atoms with Crippen molar-refractivity contribution in [3.8, 4) is 0 Å². The van der Waals surface area contributed by atoms with Crippen molar-refractivity contribution in [1.29, 1.82) is 0 Å². The van der Waals surface area contributed by atoms with Crippen molar-refractivity contribution < 1.29 is 74.4 Å². The van der Waals surface area contributed by atoms with Crippen LogP contribution >= 0.6 is 13.5 Å². The van der Waals surface area contributed by atoms with Gasteiger partial charge >= 0.3 is 0 Å². The Hall–Kier alpha value is 2.83. The molecule has 0 aliphatic rings. The number of hydrogen-bond acceptors (Lipinski definition) is 0. The largest absolute Gasteiger partial charge is 0.197 e. The summed E-state index contributed by atoms with van der Waals surface area (Å²) in [6, 6.07) is 0. The SMILES string of the molecule is S.[Cd].[Hg].[Zn]. The fourth-order valence-electron chi connectivity index (χ4n) is 0. The Balaban J connectivity index is 0. The minimum atomic E-state index is 0. The standard InChI is InChI=1S/Cd.Hg.H2S.Zn/h;;1H2;. The average molecular weight is 412 g/mol. The van der Waals surface area contributed by atoms with Gasteiger partial charge in [0, 0.05) is 74.4 Å². The van der Waals surface area contributed by atoms with Gasteiger partial charge in [0.25, 0.3) is 0 Å². The third kappa shape index (κ3) is 8.85. The molecule has 0 fully saturated rings. The summed E-state index contributed by atoms with van der Waals surface area (Å²) in [5, 5.41) is 0. The molecule has 0 aliphatic heterocycles. The molecule has 0 unspecified atom stereocenters. The Morgan fingerprint density at radius 3 is 1.00 bits per heavy atom. The van der Waals surface area contributed by atoms with Gasteiger partial charge in [-0.1, -0.05) is 0 Å². The first-order valence-corrected chi connectivity index (χ1v) is 0. The molecule has 0 aromatic heterocycles. The first-order chi connectivity index (χ1) is 0. The van der Waals surface area contributed by atoms with Crippen LogP contribution < -0.4 is 0 Å². The molecule has 14 valence electrons. The minimum absolute atomic E-state index is 0. The summed E-state index contributed by atoms with van der Waals surface area (Å²) >= 11 is 0. The molecular weight excluding hydrogens is 410 g/mol. The van der Waals surface area contributed by atoms with E-state index in [2.05, 4.69) is 0 Å². The zero-order chi connectivity index (χ0) is 0. The maximum atomic E-state index is 0. The monoisotopic (exact) mass is 414 g/mol. The van der Waals surface area contributed by atoms with Crippen molar-refractivity contribution in [1.82, 2.24) is 0 Å². The molecule has 0 N–H and O–H groups in total. The Bertz CT molecular complexity index is 8.00. The first-order valence-electron chi connectivity index (χ1n) is 0. The van der Waals surface area contributed by atoms with Gasteiger partial charge in [0.05, 0.1) is 0 Å². The molecule has 0 aromatic carbocycles. The van der Waals surface area contributed by atoms with Crippen LogP contribution in [0.25, 0.3) is 0 Å². The number of hydrogen-bond donors (Lipinski definition) is 0. The van der Waals surface area contributed by atoms with Crippen LogP contribution in [0, 0.1) is 0 Å². The van der Waals surface area contributed by atoms with Crippen molar-refractivity contribution in [2.75, 3.05) is 0 Å². The van der Waals surface area contributed by atoms with Crippen molar-refractivity contribution in [3.63, 3.8) is 0 Å². The summed E-state index contributed by atoms with van der Waals surface area (Å²) in [7, 11) is 0. The van der Waals surface area contributed by atoms with E-state index in [1.807, 2.05) is 0 Å². The van der Waals surface area contributed by atoms with Crippen LogP contribution in [0.3, 0.4) is 0 Å². The van der Waals surface area contributed by atoms with Gasteiger partial charge in [-0.2, -0.15) is 13.5 Å². The van der Waals surface area contributed by atoms with Crippen LogP contribution in [0.5, 0.6) is 0 Å². The molecule has 0 aliphatic carbocycles. The summed E-state index contributed by atoms with van der Waals surface area (Å²) in [5.41, 5.74) is 0. The molecule has 0 aromatic rings. The molecule has 0 atom stereocenters. The smallest absolute Gasteiger partial charge is 0 e. The third-order valence-corrected chi connectivity index (χ3v) is 0. The molecule has 0 amide bonds. The third-order valence-electron chi connectivity index (χ3n) is 0.